The molecule has 2 heteroatoms. The van der Waals surface area contributed by atoms with E-state index >= 15 is 0 Å². The quantitative estimate of drug-likeness (QED) is 0.826. The third kappa shape index (κ3) is 3.11. The van der Waals surface area contributed by atoms with Crippen LogP contribution in [0.5, 0.6) is 0 Å². The molecule has 1 aromatic rings. The fraction of sp³-hybridized carbons (Fsp3) is 0.647. The highest BCUT2D eigenvalue weighted by Gasteiger charge is 2.22. The summed E-state index contributed by atoms with van der Waals surface area (Å²) in [4.78, 5) is 2.70. The first-order valence-electron chi connectivity index (χ1n) is 8.00. The van der Waals surface area contributed by atoms with Crippen LogP contribution in [0, 0.1) is 0 Å². The number of nitrogens with one attached hydrogen (secondary N) is 1. The largest absolute Gasteiger partial charge is 0.367 e. The van der Waals surface area contributed by atoms with Gasteiger partial charge in [0, 0.05) is 31.4 Å². The number of nitrogens with zero attached hydrogens (tertiary/aromatic N) is 1. The number of rotatable bonds is 1. The molecule has 0 atom stereocenters. The van der Waals surface area contributed by atoms with Crippen LogP contribution in [0.25, 0.3) is 0 Å². The molecule has 1 N–H and O–H groups in total. The Morgan fingerprint density at radius 2 is 1.68 bits per heavy atom. The summed E-state index contributed by atoms with van der Waals surface area (Å²) in [5.41, 5.74) is 2.96. The second-order valence-electron chi connectivity index (χ2n) is 6.00. The van der Waals surface area contributed by atoms with E-state index in [-0.39, 0.29) is 0 Å². The van der Waals surface area contributed by atoms with Gasteiger partial charge in [0.15, 0.2) is 0 Å². The molecule has 1 aromatic carbocycles. The molecule has 0 saturated heterocycles. The Morgan fingerprint density at radius 3 is 2.53 bits per heavy atom. The summed E-state index contributed by atoms with van der Waals surface area (Å²) >= 11 is 0. The number of para-hydroxylation sites is 1. The molecule has 0 amide bonds. The molecule has 0 bridgehead atoms. The van der Waals surface area contributed by atoms with Crippen LogP contribution in [0.4, 0.5) is 5.69 Å². The Hall–Kier alpha value is -1.02. The molecule has 1 saturated carbocycles. The first-order valence-corrected chi connectivity index (χ1v) is 8.00. The number of fused-ring (bicyclic) bond motifs is 1. The van der Waals surface area contributed by atoms with E-state index < -0.39 is 0 Å². The van der Waals surface area contributed by atoms with Gasteiger partial charge in [-0.05, 0) is 24.5 Å². The molecule has 0 unspecified atom stereocenters. The van der Waals surface area contributed by atoms with Crippen LogP contribution in [0.15, 0.2) is 24.3 Å². The molecular weight excluding hydrogens is 232 g/mol. The predicted octanol–water partition coefficient (Wildman–Crippen LogP) is 3.71. The van der Waals surface area contributed by atoms with Gasteiger partial charge in [-0.2, -0.15) is 0 Å². The number of hydrogen-bond acceptors (Lipinski definition) is 2. The predicted molar refractivity (Wildman–Crippen MR) is 81.6 cm³/mol. The van der Waals surface area contributed by atoms with Crippen LogP contribution in [-0.4, -0.2) is 19.1 Å². The summed E-state index contributed by atoms with van der Waals surface area (Å²) in [7, 11) is 0. The maximum atomic E-state index is 3.56. The maximum absolute atomic E-state index is 3.56. The summed E-state index contributed by atoms with van der Waals surface area (Å²) < 4.78 is 0. The van der Waals surface area contributed by atoms with E-state index in [1.54, 1.807) is 0 Å². The van der Waals surface area contributed by atoms with Crippen molar-refractivity contribution < 1.29 is 0 Å². The van der Waals surface area contributed by atoms with Gasteiger partial charge in [0.25, 0.3) is 0 Å². The highest BCUT2D eigenvalue weighted by Crippen LogP contribution is 2.29. The molecule has 104 valence electrons. The van der Waals surface area contributed by atoms with Gasteiger partial charge in [0.05, 0.1) is 0 Å². The van der Waals surface area contributed by atoms with Gasteiger partial charge in [0.1, 0.15) is 0 Å². The van der Waals surface area contributed by atoms with Crippen molar-refractivity contribution in [1.29, 1.82) is 0 Å². The molecule has 2 nitrogen and oxygen atoms in total. The zero-order valence-electron chi connectivity index (χ0n) is 11.9. The summed E-state index contributed by atoms with van der Waals surface area (Å²) in [6, 6.07) is 9.73. The number of anilines is 1. The minimum atomic E-state index is 0.765. The standard InChI is InChI=1S/C17H26N2/c1-2-4-9-16(10-5-3-1)19-13-12-18-14-15-8-6-7-11-17(15)19/h6-8,11,16,18H,1-5,9-10,12-14H2. The lowest BCUT2D eigenvalue weighted by molar-refractivity contribution is 0.429. The topological polar surface area (TPSA) is 15.3 Å². The van der Waals surface area contributed by atoms with Gasteiger partial charge in [-0.3, -0.25) is 0 Å². The van der Waals surface area contributed by atoms with Gasteiger partial charge in [-0.15, -0.1) is 0 Å². The molecule has 1 aliphatic carbocycles. The Bertz CT molecular complexity index is 394. The molecule has 1 aliphatic heterocycles. The summed E-state index contributed by atoms with van der Waals surface area (Å²) in [6.45, 7) is 3.31. The Kier molecular flexibility index (Phi) is 4.39. The zero-order valence-corrected chi connectivity index (χ0v) is 11.9. The fourth-order valence-electron chi connectivity index (χ4n) is 3.61. The van der Waals surface area contributed by atoms with E-state index in [4.69, 9.17) is 0 Å². The van der Waals surface area contributed by atoms with Crippen LogP contribution in [0.3, 0.4) is 0 Å². The second kappa shape index (κ2) is 6.42. The van der Waals surface area contributed by atoms with Crippen LogP contribution < -0.4 is 10.2 Å². The average molecular weight is 258 g/mol. The van der Waals surface area contributed by atoms with Crippen molar-refractivity contribution in [2.24, 2.45) is 0 Å². The minimum absolute atomic E-state index is 0.765. The molecule has 0 aromatic heterocycles. The first-order chi connectivity index (χ1) is 9.45. The van der Waals surface area contributed by atoms with Crippen LogP contribution in [0.1, 0.15) is 50.5 Å². The number of hydrogen-bond donors (Lipinski definition) is 1. The smallest absolute Gasteiger partial charge is 0.0414 e. The molecule has 19 heavy (non-hydrogen) atoms. The SMILES string of the molecule is c1ccc2c(c1)CNCCN2C1CCCCCCC1. The Morgan fingerprint density at radius 1 is 0.947 bits per heavy atom. The van der Waals surface area contributed by atoms with Gasteiger partial charge in [-0.25, -0.2) is 0 Å². The summed E-state index contributed by atoms with van der Waals surface area (Å²) in [5.74, 6) is 0. The van der Waals surface area contributed by atoms with E-state index in [1.165, 1.54) is 62.7 Å². The van der Waals surface area contributed by atoms with Crippen molar-refractivity contribution in [2.45, 2.75) is 57.5 Å². The highest BCUT2D eigenvalue weighted by molar-refractivity contribution is 5.55. The van der Waals surface area contributed by atoms with Gasteiger partial charge in [-0.1, -0.05) is 50.3 Å². The van der Waals surface area contributed by atoms with Crippen LogP contribution in [-0.2, 0) is 6.54 Å². The van der Waals surface area contributed by atoms with Crippen molar-refractivity contribution >= 4 is 5.69 Å². The summed E-state index contributed by atoms with van der Waals surface area (Å²) in [5, 5.41) is 3.56. The van der Waals surface area contributed by atoms with Crippen molar-refractivity contribution in [2.75, 3.05) is 18.0 Å². The van der Waals surface area contributed by atoms with E-state index in [2.05, 4.69) is 34.5 Å². The lowest BCUT2D eigenvalue weighted by Gasteiger charge is -2.35. The maximum Gasteiger partial charge on any atom is 0.0414 e. The van der Waals surface area contributed by atoms with Gasteiger partial charge >= 0.3 is 0 Å². The molecule has 0 radical (unpaired) electrons. The normalized spacial score (nSPS) is 22.2. The monoisotopic (exact) mass is 258 g/mol. The third-order valence-corrected chi connectivity index (χ3v) is 4.66. The van der Waals surface area contributed by atoms with Crippen molar-refractivity contribution in [1.82, 2.24) is 5.32 Å². The van der Waals surface area contributed by atoms with Gasteiger partial charge < -0.3 is 10.2 Å². The highest BCUT2D eigenvalue weighted by atomic mass is 15.2. The zero-order chi connectivity index (χ0) is 12.9. The molecule has 1 fully saturated rings. The lowest BCUT2D eigenvalue weighted by atomic mass is 9.95. The van der Waals surface area contributed by atoms with E-state index in [0.717, 1.165) is 19.1 Å². The van der Waals surface area contributed by atoms with E-state index in [0.29, 0.717) is 0 Å². The molecule has 0 spiro atoms. The fourth-order valence-corrected chi connectivity index (χ4v) is 3.61. The molecule has 2 aliphatic rings. The van der Waals surface area contributed by atoms with E-state index in [1.807, 2.05) is 0 Å². The Balaban J connectivity index is 1.81. The van der Waals surface area contributed by atoms with Crippen LogP contribution in [0.2, 0.25) is 0 Å². The van der Waals surface area contributed by atoms with Gasteiger partial charge in [0.2, 0.25) is 0 Å². The second-order valence-corrected chi connectivity index (χ2v) is 6.00. The van der Waals surface area contributed by atoms with Crippen molar-refractivity contribution in [3.63, 3.8) is 0 Å². The van der Waals surface area contributed by atoms with Crippen molar-refractivity contribution in [3.8, 4) is 0 Å². The Labute approximate surface area is 117 Å². The molecule has 3 rings (SSSR count). The lowest BCUT2D eigenvalue weighted by Crippen LogP contribution is -2.38. The van der Waals surface area contributed by atoms with E-state index in [9.17, 15) is 0 Å². The number of benzene rings is 1. The molecular formula is C17H26N2. The first kappa shape index (κ1) is 13.0. The van der Waals surface area contributed by atoms with Crippen LogP contribution >= 0.6 is 0 Å². The molecule has 1 heterocycles. The summed E-state index contributed by atoms with van der Waals surface area (Å²) in [6.07, 6.45) is 9.91. The van der Waals surface area contributed by atoms with Crippen molar-refractivity contribution in [3.05, 3.63) is 29.8 Å². The minimum Gasteiger partial charge on any atom is -0.367 e. The third-order valence-electron chi connectivity index (χ3n) is 4.66. The average Bonchev–Trinajstić information content (AvgIpc) is 2.61.